The van der Waals surface area contributed by atoms with Gasteiger partial charge in [-0.3, -0.25) is 0 Å². The number of para-hydroxylation sites is 1. The van der Waals surface area contributed by atoms with Crippen molar-refractivity contribution in [1.29, 1.82) is 0 Å². The molecule has 27 heavy (non-hydrogen) atoms. The van der Waals surface area contributed by atoms with Gasteiger partial charge in [0.15, 0.2) is 5.76 Å². The summed E-state index contributed by atoms with van der Waals surface area (Å²) in [6, 6.07) is 9.81. The highest BCUT2D eigenvalue weighted by Crippen LogP contribution is 2.32. The smallest absolute Gasteiger partial charge is 0.318 e. The minimum atomic E-state index is -0.0799. The van der Waals surface area contributed by atoms with Crippen LogP contribution in [0.15, 0.2) is 47.2 Å². The second kappa shape index (κ2) is 7.26. The SMILES string of the molecule is Cc1cc([C@H]2CCCN2C(=O)NCc2ccccc2-n2ccnc2C)on1. The number of aryl methyl sites for hydroxylation is 2. The summed E-state index contributed by atoms with van der Waals surface area (Å²) in [5.41, 5.74) is 2.90. The Morgan fingerprint density at radius 2 is 2.19 bits per heavy atom. The van der Waals surface area contributed by atoms with Gasteiger partial charge in [0.2, 0.25) is 0 Å². The van der Waals surface area contributed by atoms with E-state index in [1.807, 2.05) is 59.8 Å². The van der Waals surface area contributed by atoms with Crippen LogP contribution >= 0.6 is 0 Å². The van der Waals surface area contributed by atoms with Crippen molar-refractivity contribution in [3.05, 3.63) is 65.6 Å². The Balaban J connectivity index is 1.48. The first-order valence-corrected chi connectivity index (χ1v) is 9.19. The van der Waals surface area contributed by atoms with Crippen LogP contribution in [-0.4, -0.2) is 32.2 Å². The molecule has 1 aliphatic rings. The van der Waals surface area contributed by atoms with Crippen LogP contribution in [0, 0.1) is 13.8 Å². The minimum absolute atomic E-state index is 0.0441. The quantitative estimate of drug-likeness (QED) is 0.767. The number of nitrogens with one attached hydrogen (secondary N) is 1. The fourth-order valence-electron chi connectivity index (χ4n) is 3.65. The topological polar surface area (TPSA) is 76.2 Å². The van der Waals surface area contributed by atoms with Gasteiger partial charge in [-0.25, -0.2) is 9.78 Å². The van der Waals surface area contributed by atoms with Crippen LogP contribution in [0.1, 0.15) is 41.7 Å². The number of hydrogen-bond donors (Lipinski definition) is 1. The predicted octanol–water partition coefficient (Wildman–Crippen LogP) is 3.52. The fourth-order valence-corrected chi connectivity index (χ4v) is 3.65. The highest BCUT2D eigenvalue weighted by Gasteiger charge is 2.32. The van der Waals surface area contributed by atoms with E-state index in [4.69, 9.17) is 4.52 Å². The second-order valence-electron chi connectivity index (χ2n) is 6.85. The standard InChI is InChI=1S/C20H23N5O2/c1-14-12-19(27-23-14)18-8-5-10-25(18)20(26)22-13-16-6-3-4-7-17(16)24-11-9-21-15(24)2/h3-4,6-7,9,11-12,18H,5,8,10,13H2,1-2H3,(H,22,26)/t18-/m1/s1. The third-order valence-electron chi connectivity index (χ3n) is 5.00. The van der Waals surface area contributed by atoms with Crippen molar-refractivity contribution in [2.75, 3.05) is 6.54 Å². The molecular weight excluding hydrogens is 342 g/mol. The molecule has 1 aromatic carbocycles. The maximum atomic E-state index is 12.8. The van der Waals surface area contributed by atoms with Crippen LogP contribution in [-0.2, 0) is 6.54 Å². The van der Waals surface area contributed by atoms with E-state index in [2.05, 4.69) is 15.5 Å². The van der Waals surface area contributed by atoms with Crippen LogP contribution in [0.2, 0.25) is 0 Å². The zero-order valence-electron chi connectivity index (χ0n) is 15.6. The van der Waals surface area contributed by atoms with Crippen LogP contribution < -0.4 is 5.32 Å². The number of urea groups is 1. The van der Waals surface area contributed by atoms with E-state index in [0.29, 0.717) is 6.54 Å². The molecule has 1 saturated heterocycles. The van der Waals surface area contributed by atoms with Crippen molar-refractivity contribution in [3.8, 4) is 5.69 Å². The maximum absolute atomic E-state index is 12.8. The van der Waals surface area contributed by atoms with Gasteiger partial charge in [-0.1, -0.05) is 23.4 Å². The molecule has 0 unspecified atom stereocenters. The summed E-state index contributed by atoms with van der Waals surface area (Å²) in [5.74, 6) is 1.67. The van der Waals surface area contributed by atoms with Crippen molar-refractivity contribution < 1.29 is 9.32 Å². The molecule has 0 saturated carbocycles. The van der Waals surface area contributed by atoms with Gasteiger partial charge in [-0.05, 0) is 38.3 Å². The lowest BCUT2D eigenvalue weighted by Gasteiger charge is -2.23. The molecule has 0 radical (unpaired) electrons. The zero-order chi connectivity index (χ0) is 18.8. The molecule has 3 aromatic rings. The first-order chi connectivity index (χ1) is 13.1. The summed E-state index contributed by atoms with van der Waals surface area (Å²) in [7, 11) is 0. The molecule has 1 aliphatic heterocycles. The third-order valence-corrected chi connectivity index (χ3v) is 5.00. The van der Waals surface area contributed by atoms with E-state index >= 15 is 0 Å². The Kier molecular flexibility index (Phi) is 4.66. The van der Waals surface area contributed by atoms with Gasteiger partial charge in [-0.2, -0.15) is 0 Å². The average Bonchev–Trinajstić information content (AvgIpc) is 3.40. The van der Waals surface area contributed by atoms with Gasteiger partial charge < -0.3 is 19.3 Å². The number of aromatic nitrogens is 3. The number of nitrogens with zero attached hydrogens (tertiary/aromatic N) is 4. The molecule has 1 fully saturated rings. The van der Waals surface area contributed by atoms with Crippen LogP contribution in [0.25, 0.3) is 5.69 Å². The molecule has 4 rings (SSSR count). The first kappa shape index (κ1) is 17.3. The van der Waals surface area contributed by atoms with E-state index in [0.717, 1.165) is 47.9 Å². The Morgan fingerprint density at radius 3 is 2.93 bits per heavy atom. The molecular formula is C20H23N5O2. The summed E-state index contributed by atoms with van der Waals surface area (Å²) in [6.07, 6.45) is 5.56. The molecule has 140 valence electrons. The number of hydrogen-bond acceptors (Lipinski definition) is 4. The van der Waals surface area contributed by atoms with Crippen LogP contribution in [0.3, 0.4) is 0 Å². The van der Waals surface area contributed by atoms with Gasteiger partial charge in [0, 0.05) is 31.5 Å². The number of carbonyl (C=O) groups is 1. The molecule has 0 aliphatic carbocycles. The lowest BCUT2D eigenvalue weighted by atomic mass is 10.1. The van der Waals surface area contributed by atoms with Crippen molar-refractivity contribution >= 4 is 6.03 Å². The molecule has 7 heteroatoms. The van der Waals surface area contributed by atoms with Gasteiger partial charge >= 0.3 is 6.03 Å². The molecule has 7 nitrogen and oxygen atoms in total. The average molecular weight is 365 g/mol. The number of imidazole rings is 1. The number of likely N-dealkylation sites (tertiary alicyclic amines) is 1. The minimum Gasteiger partial charge on any atom is -0.359 e. The van der Waals surface area contributed by atoms with E-state index in [-0.39, 0.29) is 12.1 Å². The normalized spacial score (nSPS) is 16.7. The molecule has 2 amide bonds. The molecule has 0 spiro atoms. The number of rotatable bonds is 4. The molecule has 2 aromatic heterocycles. The Bertz CT molecular complexity index is 945. The Labute approximate surface area is 158 Å². The van der Waals surface area contributed by atoms with Crippen molar-refractivity contribution in [1.82, 2.24) is 24.9 Å². The number of carbonyl (C=O) groups excluding carboxylic acids is 1. The van der Waals surface area contributed by atoms with Crippen LogP contribution in [0.4, 0.5) is 4.79 Å². The monoisotopic (exact) mass is 365 g/mol. The van der Waals surface area contributed by atoms with Gasteiger partial charge in [0.25, 0.3) is 0 Å². The lowest BCUT2D eigenvalue weighted by Crippen LogP contribution is -2.39. The summed E-state index contributed by atoms with van der Waals surface area (Å²) >= 11 is 0. The maximum Gasteiger partial charge on any atom is 0.318 e. The third kappa shape index (κ3) is 3.45. The Morgan fingerprint density at radius 1 is 1.33 bits per heavy atom. The van der Waals surface area contributed by atoms with Gasteiger partial charge in [-0.15, -0.1) is 0 Å². The van der Waals surface area contributed by atoms with Crippen molar-refractivity contribution in [2.24, 2.45) is 0 Å². The highest BCUT2D eigenvalue weighted by atomic mass is 16.5. The van der Waals surface area contributed by atoms with E-state index < -0.39 is 0 Å². The van der Waals surface area contributed by atoms with E-state index in [1.165, 1.54) is 0 Å². The van der Waals surface area contributed by atoms with Crippen molar-refractivity contribution in [2.45, 2.75) is 39.3 Å². The molecule has 3 heterocycles. The predicted molar refractivity (Wildman–Crippen MR) is 100 cm³/mol. The second-order valence-corrected chi connectivity index (χ2v) is 6.85. The van der Waals surface area contributed by atoms with E-state index in [1.54, 1.807) is 6.20 Å². The Hall–Kier alpha value is -3.09. The van der Waals surface area contributed by atoms with Gasteiger partial charge in [0.05, 0.1) is 17.4 Å². The van der Waals surface area contributed by atoms with Gasteiger partial charge in [0.1, 0.15) is 5.82 Å². The molecule has 1 N–H and O–H groups in total. The molecule has 1 atom stereocenters. The fraction of sp³-hybridized carbons (Fsp3) is 0.350. The zero-order valence-corrected chi connectivity index (χ0v) is 15.6. The number of benzene rings is 1. The molecule has 0 bridgehead atoms. The lowest BCUT2D eigenvalue weighted by molar-refractivity contribution is 0.182. The summed E-state index contributed by atoms with van der Waals surface area (Å²) in [5, 5.41) is 7.02. The van der Waals surface area contributed by atoms with E-state index in [9.17, 15) is 4.79 Å². The summed E-state index contributed by atoms with van der Waals surface area (Å²) in [6.45, 7) is 5.02. The first-order valence-electron chi connectivity index (χ1n) is 9.19. The number of amides is 2. The van der Waals surface area contributed by atoms with Crippen molar-refractivity contribution in [3.63, 3.8) is 0 Å². The van der Waals surface area contributed by atoms with Crippen LogP contribution in [0.5, 0.6) is 0 Å². The highest BCUT2D eigenvalue weighted by molar-refractivity contribution is 5.75. The largest absolute Gasteiger partial charge is 0.359 e. The summed E-state index contributed by atoms with van der Waals surface area (Å²) < 4.78 is 7.42. The summed E-state index contributed by atoms with van der Waals surface area (Å²) in [4.78, 5) is 18.9.